The van der Waals surface area contributed by atoms with E-state index in [-0.39, 0.29) is 24.3 Å². The third kappa shape index (κ3) is 3.64. The molecule has 6 rings (SSSR count). The minimum absolute atomic E-state index is 0.0245. The molecule has 3 amide bonds. The van der Waals surface area contributed by atoms with Crippen LogP contribution in [-0.2, 0) is 24.5 Å². The van der Waals surface area contributed by atoms with Gasteiger partial charge in [-0.2, -0.15) is 0 Å². The number of methoxy groups -OCH3 is 1. The van der Waals surface area contributed by atoms with E-state index in [2.05, 4.69) is 0 Å². The first-order valence-electron chi connectivity index (χ1n) is 13.1. The molecule has 0 unspecified atom stereocenters. The molecule has 8 heteroatoms. The number of likely N-dealkylation sites (N-methyl/N-ethyl adjacent to an activating group) is 1. The van der Waals surface area contributed by atoms with Crippen molar-refractivity contribution in [2.45, 2.75) is 37.1 Å². The highest BCUT2D eigenvalue weighted by atomic mass is 16.5. The second-order valence-corrected chi connectivity index (χ2v) is 10.8. The first-order chi connectivity index (χ1) is 17.9. The summed E-state index contributed by atoms with van der Waals surface area (Å²) in [5.74, 6) is 0.515. The Morgan fingerprint density at radius 3 is 2.68 bits per heavy atom. The summed E-state index contributed by atoms with van der Waals surface area (Å²) in [5, 5.41) is 0. The normalized spacial score (nSPS) is 26.3. The number of rotatable bonds is 3. The van der Waals surface area contributed by atoms with Gasteiger partial charge in [0, 0.05) is 32.9 Å². The molecule has 3 aliphatic heterocycles. The van der Waals surface area contributed by atoms with Crippen LogP contribution in [-0.4, -0.2) is 74.5 Å². The van der Waals surface area contributed by atoms with E-state index in [1.54, 1.807) is 24.0 Å². The average molecular weight is 504 g/mol. The monoisotopic (exact) mass is 503 g/mol. The van der Waals surface area contributed by atoms with Crippen molar-refractivity contribution in [3.8, 4) is 5.75 Å². The summed E-state index contributed by atoms with van der Waals surface area (Å²) in [7, 11) is 3.39. The lowest BCUT2D eigenvalue weighted by Gasteiger charge is -2.37. The molecule has 194 valence electrons. The first kappa shape index (κ1) is 24.0. The zero-order valence-electron chi connectivity index (χ0n) is 21.4. The number of carbonyl (C=O) groups excluding carboxylic acids is 3. The van der Waals surface area contributed by atoms with Gasteiger partial charge in [-0.05, 0) is 55.0 Å². The summed E-state index contributed by atoms with van der Waals surface area (Å²) in [6, 6.07) is 15.1. The van der Waals surface area contributed by atoms with Crippen molar-refractivity contribution in [3.63, 3.8) is 0 Å². The van der Waals surface area contributed by atoms with Gasteiger partial charge in [0.15, 0.2) is 0 Å². The number of nitrogens with zero attached hydrogens (tertiary/aromatic N) is 3. The van der Waals surface area contributed by atoms with Gasteiger partial charge >= 0.3 is 0 Å². The van der Waals surface area contributed by atoms with Gasteiger partial charge in [-0.1, -0.05) is 30.3 Å². The van der Waals surface area contributed by atoms with E-state index >= 15 is 0 Å². The maximum absolute atomic E-state index is 14.5. The molecule has 1 spiro atoms. The summed E-state index contributed by atoms with van der Waals surface area (Å²) in [4.78, 5) is 47.0. The number of likely N-dealkylation sites (tertiary alicyclic amines) is 1. The van der Waals surface area contributed by atoms with Crippen molar-refractivity contribution in [2.75, 3.05) is 51.9 Å². The Balaban J connectivity index is 1.53. The maximum Gasteiger partial charge on any atom is 0.242 e. The highest BCUT2D eigenvalue weighted by Gasteiger charge is 2.64. The minimum Gasteiger partial charge on any atom is -0.494 e. The van der Waals surface area contributed by atoms with Gasteiger partial charge in [0.05, 0.1) is 24.7 Å². The number of fused-ring (bicyclic) bond motifs is 6. The number of hydrogen-bond donors (Lipinski definition) is 0. The van der Waals surface area contributed by atoms with E-state index < -0.39 is 16.9 Å². The van der Waals surface area contributed by atoms with Crippen LogP contribution < -0.4 is 9.64 Å². The van der Waals surface area contributed by atoms with Crippen molar-refractivity contribution in [2.24, 2.45) is 5.41 Å². The lowest BCUT2D eigenvalue weighted by atomic mass is 9.72. The van der Waals surface area contributed by atoms with Crippen molar-refractivity contribution >= 4 is 23.4 Å². The fourth-order valence-electron chi connectivity index (χ4n) is 6.53. The molecule has 8 nitrogen and oxygen atoms in total. The molecule has 3 heterocycles. The summed E-state index contributed by atoms with van der Waals surface area (Å²) in [6.07, 6.45) is 2.75. The van der Waals surface area contributed by atoms with Gasteiger partial charge in [0.1, 0.15) is 17.7 Å². The highest BCUT2D eigenvalue weighted by molar-refractivity contribution is 6.12. The Morgan fingerprint density at radius 1 is 1.08 bits per heavy atom. The molecule has 2 atom stereocenters. The second-order valence-electron chi connectivity index (χ2n) is 10.8. The molecule has 2 aromatic rings. The molecule has 4 bridgehead atoms. The van der Waals surface area contributed by atoms with E-state index in [0.717, 1.165) is 29.7 Å². The molecule has 37 heavy (non-hydrogen) atoms. The van der Waals surface area contributed by atoms with Gasteiger partial charge in [0.25, 0.3) is 0 Å². The average Bonchev–Trinajstić information content (AvgIpc) is 3.53. The smallest absolute Gasteiger partial charge is 0.242 e. The fourth-order valence-corrected chi connectivity index (χ4v) is 6.53. The van der Waals surface area contributed by atoms with Gasteiger partial charge in [-0.15, -0.1) is 0 Å². The standard InChI is InChI=1S/C29H33N3O5/c1-30-14-6-16-37-21-8-5-7-20(17-21)25-29(13-15-31(25)26(34)28(11-12-28)19-36-2)22-9-3-4-10-23(22)32(27(29)35)18-24(30)33/h3-5,7-10,17,25H,6,11-16,18-19H2,1-2H3/t25-,29+/m0/s1. The van der Waals surface area contributed by atoms with Crippen LogP contribution in [0.15, 0.2) is 48.5 Å². The quantitative estimate of drug-likeness (QED) is 0.644. The predicted octanol–water partition coefficient (Wildman–Crippen LogP) is 2.91. The molecule has 0 radical (unpaired) electrons. The Morgan fingerprint density at radius 2 is 1.89 bits per heavy atom. The minimum atomic E-state index is -0.975. The van der Waals surface area contributed by atoms with E-state index in [4.69, 9.17) is 9.47 Å². The van der Waals surface area contributed by atoms with E-state index in [1.807, 2.05) is 53.4 Å². The van der Waals surface area contributed by atoms with Crippen LogP contribution in [0.5, 0.6) is 5.75 Å². The maximum atomic E-state index is 14.5. The summed E-state index contributed by atoms with van der Waals surface area (Å²) >= 11 is 0. The number of hydrogen-bond acceptors (Lipinski definition) is 5. The van der Waals surface area contributed by atoms with Crippen LogP contribution in [0.25, 0.3) is 0 Å². The molecule has 2 aromatic carbocycles. The Kier molecular flexibility index (Phi) is 5.75. The van der Waals surface area contributed by atoms with Gasteiger partial charge in [-0.3, -0.25) is 14.4 Å². The number of carbonyl (C=O) groups is 3. The van der Waals surface area contributed by atoms with Crippen LogP contribution in [0.1, 0.15) is 42.9 Å². The summed E-state index contributed by atoms with van der Waals surface area (Å²) < 4.78 is 11.5. The van der Waals surface area contributed by atoms with Crippen LogP contribution >= 0.6 is 0 Å². The van der Waals surface area contributed by atoms with Crippen LogP contribution in [0.4, 0.5) is 5.69 Å². The van der Waals surface area contributed by atoms with Gasteiger partial charge < -0.3 is 24.2 Å². The molecular formula is C29H33N3O5. The third-order valence-electron chi connectivity index (χ3n) is 8.62. The zero-order valence-corrected chi connectivity index (χ0v) is 21.4. The first-order valence-corrected chi connectivity index (χ1v) is 13.1. The van der Waals surface area contributed by atoms with Crippen molar-refractivity contribution in [1.29, 1.82) is 0 Å². The van der Waals surface area contributed by atoms with Crippen LogP contribution in [0, 0.1) is 5.41 Å². The molecule has 1 saturated heterocycles. The Bertz CT molecular complexity index is 1260. The molecule has 1 saturated carbocycles. The number of benzene rings is 2. The van der Waals surface area contributed by atoms with Crippen LogP contribution in [0.3, 0.4) is 0 Å². The second kappa shape index (κ2) is 8.87. The summed E-state index contributed by atoms with van der Waals surface area (Å²) in [6.45, 7) is 1.83. The van der Waals surface area contributed by atoms with E-state index in [0.29, 0.717) is 44.9 Å². The van der Waals surface area contributed by atoms with Gasteiger partial charge in [0.2, 0.25) is 17.7 Å². The topological polar surface area (TPSA) is 79.4 Å². The fraction of sp³-hybridized carbons (Fsp3) is 0.483. The Hall–Kier alpha value is -3.39. The molecule has 4 aliphatic rings. The number of para-hydroxylation sites is 1. The number of amides is 3. The SMILES string of the molecule is COCC1(C(=O)N2CC[C@]34C(=O)N(CC(=O)N(C)CCCOc5cccc(c5)[C@H]23)c2ccccc24)CC1. The van der Waals surface area contributed by atoms with Gasteiger partial charge in [-0.25, -0.2) is 0 Å². The predicted molar refractivity (Wildman–Crippen MR) is 137 cm³/mol. The molecule has 2 fully saturated rings. The van der Waals surface area contributed by atoms with Crippen molar-refractivity contribution in [1.82, 2.24) is 9.80 Å². The number of anilines is 1. The van der Waals surface area contributed by atoms with E-state index in [9.17, 15) is 14.4 Å². The molecule has 0 N–H and O–H groups in total. The zero-order chi connectivity index (χ0) is 25.8. The molecule has 1 aliphatic carbocycles. The summed E-state index contributed by atoms with van der Waals surface area (Å²) in [5.41, 5.74) is 1.02. The lowest BCUT2D eigenvalue weighted by molar-refractivity contribution is -0.141. The third-order valence-corrected chi connectivity index (χ3v) is 8.62. The van der Waals surface area contributed by atoms with Crippen LogP contribution in [0.2, 0.25) is 0 Å². The van der Waals surface area contributed by atoms with Crippen molar-refractivity contribution < 1.29 is 23.9 Å². The van der Waals surface area contributed by atoms with E-state index in [1.165, 1.54) is 0 Å². The molecular weight excluding hydrogens is 470 g/mol. The number of ether oxygens (including phenoxy) is 2. The largest absolute Gasteiger partial charge is 0.494 e. The highest BCUT2D eigenvalue weighted by Crippen LogP contribution is 2.59. The Labute approximate surface area is 217 Å². The lowest BCUT2D eigenvalue weighted by Crippen LogP contribution is -2.49. The van der Waals surface area contributed by atoms with Crippen molar-refractivity contribution in [3.05, 3.63) is 59.7 Å². The molecule has 0 aromatic heterocycles.